The van der Waals surface area contributed by atoms with E-state index in [1.807, 2.05) is 0 Å². The third-order valence-electron chi connectivity index (χ3n) is 1.81. The van der Waals surface area contributed by atoms with Crippen molar-refractivity contribution >= 4 is 31.9 Å². The zero-order valence-corrected chi connectivity index (χ0v) is 10.9. The van der Waals surface area contributed by atoms with Crippen LogP contribution < -0.4 is 4.74 Å². The Morgan fingerprint density at radius 3 is 2.64 bits per heavy atom. The van der Waals surface area contributed by atoms with E-state index in [1.54, 1.807) is 12.1 Å². The van der Waals surface area contributed by atoms with E-state index in [1.165, 1.54) is 7.11 Å². The summed E-state index contributed by atoms with van der Waals surface area (Å²) in [7, 11) is 1.52. The predicted octanol–water partition coefficient (Wildman–Crippen LogP) is 3.65. The van der Waals surface area contributed by atoms with Crippen LogP contribution in [0.15, 0.2) is 27.7 Å². The summed E-state index contributed by atoms with van der Waals surface area (Å²) in [5, 5.41) is 9.64. The van der Waals surface area contributed by atoms with Crippen LogP contribution in [0.2, 0.25) is 0 Å². The van der Waals surface area contributed by atoms with Gasteiger partial charge in [0, 0.05) is 4.47 Å². The molecule has 2 nitrogen and oxygen atoms in total. The Balaban J connectivity index is 3.32. The molecule has 1 N–H and O–H groups in total. The maximum absolute atomic E-state index is 9.64. The number of hydrogen-bond donors (Lipinski definition) is 1. The first-order chi connectivity index (χ1) is 6.61. The molecule has 0 amide bonds. The summed E-state index contributed by atoms with van der Waals surface area (Å²) in [6.07, 6.45) is 2.51. The molecule has 0 radical (unpaired) electrons. The second-order valence-corrected chi connectivity index (χ2v) is 4.29. The largest absolute Gasteiger partial charge is 0.503 e. The fourth-order valence-corrected chi connectivity index (χ4v) is 2.02. The number of allylic oxidation sites excluding steroid dienone is 1. The molecule has 0 atom stereocenters. The van der Waals surface area contributed by atoms with Crippen LogP contribution in [0.5, 0.6) is 11.5 Å². The lowest BCUT2D eigenvalue weighted by molar-refractivity contribution is 0.371. The molecule has 0 bridgehead atoms. The molecule has 0 unspecified atom stereocenters. The van der Waals surface area contributed by atoms with E-state index >= 15 is 0 Å². The van der Waals surface area contributed by atoms with Gasteiger partial charge in [0.25, 0.3) is 0 Å². The average molecular weight is 322 g/mol. The van der Waals surface area contributed by atoms with Gasteiger partial charge in [0.2, 0.25) is 0 Å². The van der Waals surface area contributed by atoms with E-state index in [0.29, 0.717) is 10.2 Å². The van der Waals surface area contributed by atoms with Crippen molar-refractivity contribution in [1.29, 1.82) is 0 Å². The maximum Gasteiger partial charge on any atom is 0.173 e. The van der Waals surface area contributed by atoms with Crippen LogP contribution in [0.1, 0.15) is 5.56 Å². The third-order valence-corrected chi connectivity index (χ3v) is 4.02. The summed E-state index contributed by atoms with van der Waals surface area (Å²) in [6, 6.07) is 1.78. The van der Waals surface area contributed by atoms with E-state index in [-0.39, 0.29) is 5.75 Å². The van der Waals surface area contributed by atoms with Crippen molar-refractivity contribution in [3.8, 4) is 11.5 Å². The highest BCUT2D eigenvalue weighted by atomic mass is 79.9. The van der Waals surface area contributed by atoms with E-state index < -0.39 is 0 Å². The van der Waals surface area contributed by atoms with Crippen LogP contribution in [0.25, 0.3) is 0 Å². The zero-order chi connectivity index (χ0) is 10.7. The van der Waals surface area contributed by atoms with Gasteiger partial charge < -0.3 is 9.84 Å². The molecule has 0 fully saturated rings. The number of halogens is 2. The smallest absolute Gasteiger partial charge is 0.173 e. The van der Waals surface area contributed by atoms with E-state index in [0.717, 1.165) is 16.5 Å². The van der Waals surface area contributed by atoms with Crippen LogP contribution >= 0.6 is 31.9 Å². The fraction of sp³-hybridized carbons (Fsp3) is 0.200. The lowest BCUT2D eigenvalue weighted by Gasteiger charge is -2.10. The molecule has 4 heteroatoms. The quantitative estimate of drug-likeness (QED) is 0.861. The van der Waals surface area contributed by atoms with Crippen LogP contribution in [0, 0.1) is 0 Å². The van der Waals surface area contributed by atoms with Crippen molar-refractivity contribution in [1.82, 2.24) is 0 Å². The molecule has 0 aliphatic carbocycles. The monoisotopic (exact) mass is 320 g/mol. The Labute approximate surface area is 99.8 Å². The van der Waals surface area contributed by atoms with Gasteiger partial charge in [-0.3, -0.25) is 0 Å². The summed E-state index contributed by atoms with van der Waals surface area (Å²) in [5.41, 5.74) is 1.02. The van der Waals surface area contributed by atoms with Gasteiger partial charge in [0.1, 0.15) is 0 Å². The number of benzene rings is 1. The van der Waals surface area contributed by atoms with Crippen LogP contribution in [0.3, 0.4) is 0 Å². The fourth-order valence-electron chi connectivity index (χ4n) is 1.10. The lowest BCUT2D eigenvalue weighted by Crippen LogP contribution is -1.90. The molecule has 0 heterocycles. The van der Waals surface area contributed by atoms with Crippen molar-refractivity contribution in [3.63, 3.8) is 0 Å². The topological polar surface area (TPSA) is 29.5 Å². The van der Waals surface area contributed by atoms with Crippen LogP contribution in [0.4, 0.5) is 0 Å². The molecule has 1 aromatic carbocycles. The normalized spacial score (nSPS) is 9.93. The molecule has 0 spiro atoms. The minimum absolute atomic E-state index is 0.104. The van der Waals surface area contributed by atoms with Crippen molar-refractivity contribution in [2.75, 3.05) is 7.11 Å². The molecular formula is C10H10Br2O2. The summed E-state index contributed by atoms with van der Waals surface area (Å²) >= 11 is 6.67. The van der Waals surface area contributed by atoms with Gasteiger partial charge in [-0.05, 0) is 49.9 Å². The van der Waals surface area contributed by atoms with E-state index in [2.05, 4.69) is 38.4 Å². The summed E-state index contributed by atoms with van der Waals surface area (Å²) in [5.74, 6) is 0.559. The highest BCUT2D eigenvalue weighted by molar-refractivity contribution is 9.13. The van der Waals surface area contributed by atoms with Gasteiger partial charge in [-0.25, -0.2) is 0 Å². The average Bonchev–Trinajstić information content (AvgIpc) is 2.19. The number of ether oxygens (including phenoxy) is 1. The molecule has 0 aliphatic heterocycles. The Kier molecular flexibility index (Phi) is 4.01. The van der Waals surface area contributed by atoms with Gasteiger partial charge in [0.05, 0.1) is 11.6 Å². The number of phenolic OH excluding ortho intramolecular Hbond substituents is 1. The second-order valence-electron chi connectivity index (χ2n) is 2.71. The minimum atomic E-state index is 0.104. The first-order valence-electron chi connectivity index (χ1n) is 3.96. The van der Waals surface area contributed by atoms with Crippen LogP contribution in [-0.2, 0) is 6.42 Å². The molecule has 14 heavy (non-hydrogen) atoms. The highest BCUT2D eigenvalue weighted by Crippen LogP contribution is 2.41. The molecular weight excluding hydrogens is 312 g/mol. The summed E-state index contributed by atoms with van der Waals surface area (Å²) in [4.78, 5) is 0. The second kappa shape index (κ2) is 4.84. The molecule has 0 saturated heterocycles. The standard InChI is InChI=1S/C10H10Br2O2/c1-3-4-6-5-7(14-2)10(13)9(12)8(6)11/h3,5,13H,1,4H2,2H3. The van der Waals surface area contributed by atoms with Gasteiger partial charge in [0.15, 0.2) is 11.5 Å². The predicted molar refractivity (Wildman–Crippen MR) is 64.0 cm³/mol. The maximum atomic E-state index is 9.64. The molecule has 76 valence electrons. The Morgan fingerprint density at radius 2 is 2.14 bits per heavy atom. The van der Waals surface area contributed by atoms with Gasteiger partial charge in [-0.1, -0.05) is 6.08 Å². The Morgan fingerprint density at radius 1 is 1.50 bits per heavy atom. The van der Waals surface area contributed by atoms with Crippen molar-refractivity contribution in [2.24, 2.45) is 0 Å². The summed E-state index contributed by atoms with van der Waals surface area (Å²) < 4.78 is 6.47. The van der Waals surface area contributed by atoms with E-state index in [9.17, 15) is 5.11 Å². The highest BCUT2D eigenvalue weighted by Gasteiger charge is 2.13. The molecule has 0 aromatic heterocycles. The van der Waals surface area contributed by atoms with Gasteiger partial charge in [-0.2, -0.15) is 0 Å². The minimum Gasteiger partial charge on any atom is -0.503 e. The van der Waals surface area contributed by atoms with Crippen molar-refractivity contribution in [2.45, 2.75) is 6.42 Å². The first-order valence-corrected chi connectivity index (χ1v) is 5.55. The molecule has 0 aliphatic rings. The lowest BCUT2D eigenvalue weighted by atomic mass is 10.1. The Bertz CT molecular complexity index is 362. The molecule has 1 rings (SSSR count). The number of hydrogen-bond acceptors (Lipinski definition) is 2. The molecule has 1 aromatic rings. The van der Waals surface area contributed by atoms with E-state index in [4.69, 9.17) is 4.74 Å². The van der Waals surface area contributed by atoms with Crippen molar-refractivity contribution in [3.05, 3.63) is 33.2 Å². The van der Waals surface area contributed by atoms with Crippen molar-refractivity contribution < 1.29 is 9.84 Å². The molecule has 0 saturated carbocycles. The Hall–Kier alpha value is -0.480. The van der Waals surface area contributed by atoms with Gasteiger partial charge in [-0.15, -0.1) is 6.58 Å². The number of phenols is 1. The number of methoxy groups -OCH3 is 1. The summed E-state index contributed by atoms with van der Waals surface area (Å²) in [6.45, 7) is 3.67. The van der Waals surface area contributed by atoms with Crippen LogP contribution in [-0.4, -0.2) is 12.2 Å². The third kappa shape index (κ3) is 2.12. The number of rotatable bonds is 3. The first kappa shape index (κ1) is 11.6. The van der Waals surface area contributed by atoms with Gasteiger partial charge >= 0.3 is 0 Å². The SMILES string of the molecule is C=CCc1cc(OC)c(O)c(Br)c1Br. The zero-order valence-electron chi connectivity index (χ0n) is 7.68. The number of aromatic hydroxyl groups is 1.